The van der Waals surface area contributed by atoms with Gasteiger partial charge in [0, 0.05) is 5.56 Å². The van der Waals surface area contributed by atoms with Gasteiger partial charge >= 0.3 is 6.18 Å². The number of hydrogen-bond acceptors (Lipinski definition) is 2. The highest BCUT2D eigenvalue weighted by molar-refractivity contribution is 6.21. The molecule has 0 bridgehead atoms. The zero-order chi connectivity index (χ0) is 12.3. The Bertz CT molecular complexity index is 354. The number of aliphatic hydroxyl groups is 1. The lowest BCUT2D eigenvalue weighted by Gasteiger charge is -2.21. The van der Waals surface area contributed by atoms with E-state index in [0.717, 1.165) is 0 Å². The number of rotatable bonds is 3. The van der Waals surface area contributed by atoms with Crippen molar-refractivity contribution in [2.75, 3.05) is 7.11 Å². The monoisotopic (exact) mass is 254 g/mol. The first-order valence-corrected chi connectivity index (χ1v) is 4.83. The molecule has 0 amide bonds. The summed E-state index contributed by atoms with van der Waals surface area (Å²) < 4.78 is 41.7. The molecule has 0 radical (unpaired) electrons. The lowest BCUT2D eigenvalue weighted by atomic mass is 10.0. The molecule has 0 aliphatic rings. The van der Waals surface area contributed by atoms with Crippen LogP contribution in [0.1, 0.15) is 11.7 Å². The molecule has 0 fully saturated rings. The topological polar surface area (TPSA) is 29.5 Å². The molecule has 2 atom stereocenters. The van der Waals surface area contributed by atoms with E-state index in [9.17, 15) is 18.3 Å². The van der Waals surface area contributed by atoms with E-state index in [1.54, 1.807) is 6.07 Å². The van der Waals surface area contributed by atoms with Gasteiger partial charge in [-0.05, 0) is 6.07 Å². The van der Waals surface area contributed by atoms with Crippen molar-refractivity contribution in [3.05, 3.63) is 29.8 Å². The molecule has 0 aromatic heterocycles. The number of methoxy groups -OCH3 is 1. The Kier molecular flexibility index (Phi) is 4.04. The first kappa shape index (κ1) is 13.1. The lowest BCUT2D eigenvalue weighted by Crippen LogP contribution is -2.30. The van der Waals surface area contributed by atoms with E-state index in [4.69, 9.17) is 16.3 Å². The summed E-state index contributed by atoms with van der Waals surface area (Å²) in [6.45, 7) is 0. The highest BCUT2D eigenvalue weighted by atomic mass is 35.5. The molecule has 0 saturated heterocycles. The van der Waals surface area contributed by atoms with E-state index in [1.165, 1.54) is 25.3 Å². The van der Waals surface area contributed by atoms with Crippen LogP contribution in [0.5, 0.6) is 5.75 Å². The second-order valence-electron chi connectivity index (χ2n) is 3.13. The minimum Gasteiger partial charge on any atom is -0.496 e. The quantitative estimate of drug-likeness (QED) is 0.841. The Balaban J connectivity index is 3.00. The summed E-state index contributed by atoms with van der Waals surface area (Å²) in [6, 6.07) is 5.89. The van der Waals surface area contributed by atoms with E-state index >= 15 is 0 Å². The Labute approximate surface area is 95.6 Å². The minimum absolute atomic E-state index is 0.0160. The zero-order valence-corrected chi connectivity index (χ0v) is 9.09. The van der Waals surface area contributed by atoms with Gasteiger partial charge in [0.1, 0.15) is 11.9 Å². The highest BCUT2D eigenvalue weighted by Gasteiger charge is 2.44. The summed E-state index contributed by atoms with van der Waals surface area (Å²) in [5.41, 5.74) is 0.0160. The van der Waals surface area contributed by atoms with Crippen LogP contribution in [0.15, 0.2) is 24.3 Å². The third-order valence-corrected chi connectivity index (χ3v) is 2.53. The van der Waals surface area contributed by atoms with Crippen LogP contribution in [0.3, 0.4) is 0 Å². The Morgan fingerprint density at radius 3 is 2.38 bits per heavy atom. The van der Waals surface area contributed by atoms with Crippen molar-refractivity contribution in [1.29, 1.82) is 0 Å². The van der Waals surface area contributed by atoms with Crippen LogP contribution >= 0.6 is 11.6 Å². The predicted molar refractivity (Wildman–Crippen MR) is 53.6 cm³/mol. The zero-order valence-electron chi connectivity index (χ0n) is 8.33. The summed E-state index contributed by atoms with van der Waals surface area (Å²) in [4.78, 5) is 0. The van der Waals surface area contributed by atoms with Crippen molar-refractivity contribution < 1.29 is 23.0 Å². The molecule has 0 aliphatic heterocycles. The molecule has 1 rings (SSSR count). The van der Waals surface area contributed by atoms with Crippen LogP contribution in [0.2, 0.25) is 0 Å². The maximum absolute atomic E-state index is 12.3. The third kappa shape index (κ3) is 2.80. The summed E-state index contributed by atoms with van der Waals surface area (Å²) >= 11 is 5.14. The number of hydrogen-bond donors (Lipinski definition) is 1. The first-order chi connectivity index (χ1) is 7.38. The fraction of sp³-hybridized carbons (Fsp3) is 0.400. The molecule has 2 nitrogen and oxygen atoms in total. The summed E-state index contributed by atoms with van der Waals surface area (Å²) in [5.74, 6) is 0.171. The largest absolute Gasteiger partial charge is 0.496 e. The van der Waals surface area contributed by atoms with E-state index in [1.807, 2.05) is 0 Å². The average Bonchev–Trinajstić information content (AvgIpc) is 2.25. The number of ether oxygens (including phenoxy) is 1. The predicted octanol–water partition coefficient (Wildman–Crippen LogP) is 2.90. The van der Waals surface area contributed by atoms with Crippen molar-refractivity contribution >= 4 is 11.6 Å². The molecule has 0 spiro atoms. The van der Waals surface area contributed by atoms with Crippen LogP contribution in [0, 0.1) is 0 Å². The SMILES string of the molecule is COc1ccccc1[C@H](O)[C@@H](Cl)C(F)(F)F. The molecular weight excluding hydrogens is 245 g/mol. The Morgan fingerprint density at radius 1 is 1.31 bits per heavy atom. The van der Waals surface area contributed by atoms with Gasteiger partial charge < -0.3 is 9.84 Å². The van der Waals surface area contributed by atoms with Gasteiger partial charge in [0.2, 0.25) is 0 Å². The normalized spacial score (nSPS) is 15.6. The molecule has 0 unspecified atom stereocenters. The summed E-state index contributed by atoms with van der Waals surface area (Å²) in [7, 11) is 1.31. The Morgan fingerprint density at radius 2 is 1.88 bits per heavy atom. The van der Waals surface area contributed by atoms with Gasteiger partial charge in [0.05, 0.1) is 7.11 Å². The maximum Gasteiger partial charge on any atom is 0.407 e. The van der Waals surface area contributed by atoms with E-state index in [-0.39, 0.29) is 11.3 Å². The lowest BCUT2D eigenvalue weighted by molar-refractivity contribution is -0.149. The number of benzene rings is 1. The van der Waals surface area contributed by atoms with Crippen molar-refractivity contribution in [1.82, 2.24) is 0 Å². The molecule has 0 aliphatic carbocycles. The van der Waals surface area contributed by atoms with E-state index in [0.29, 0.717) is 0 Å². The second-order valence-corrected chi connectivity index (χ2v) is 3.60. The van der Waals surface area contributed by atoms with E-state index in [2.05, 4.69) is 0 Å². The fourth-order valence-electron chi connectivity index (χ4n) is 1.25. The number of halogens is 4. The van der Waals surface area contributed by atoms with Crippen LogP contribution in [0.25, 0.3) is 0 Å². The van der Waals surface area contributed by atoms with Crippen molar-refractivity contribution in [3.63, 3.8) is 0 Å². The first-order valence-electron chi connectivity index (χ1n) is 4.39. The maximum atomic E-state index is 12.3. The van der Waals surface area contributed by atoms with Gasteiger partial charge in [-0.1, -0.05) is 18.2 Å². The van der Waals surface area contributed by atoms with E-state index < -0.39 is 17.7 Å². The number of alkyl halides is 4. The Hall–Kier alpha value is -0.940. The fourth-order valence-corrected chi connectivity index (χ4v) is 1.38. The van der Waals surface area contributed by atoms with Gasteiger partial charge in [-0.15, -0.1) is 11.6 Å². The molecule has 0 saturated carbocycles. The van der Waals surface area contributed by atoms with Gasteiger partial charge in [0.15, 0.2) is 5.38 Å². The van der Waals surface area contributed by atoms with Crippen LogP contribution in [0.4, 0.5) is 13.2 Å². The summed E-state index contributed by atoms with van der Waals surface area (Å²) in [6.07, 6.45) is -6.51. The standard InChI is InChI=1S/C10H10ClF3O2/c1-16-7-5-3-2-4-6(7)8(15)9(11)10(12,13)14/h2-5,8-9,15H,1H3/t8-,9+/m0/s1. The highest BCUT2D eigenvalue weighted by Crippen LogP contribution is 2.37. The van der Waals surface area contributed by atoms with Gasteiger partial charge in [0.25, 0.3) is 0 Å². The molecule has 16 heavy (non-hydrogen) atoms. The van der Waals surface area contributed by atoms with Crippen molar-refractivity contribution in [2.24, 2.45) is 0 Å². The van der Waals surface area contributed by atoms with Crippen molar-refractivity contribution in [2.45, 2.75) is 17.7 Å². The smallest absolute Gasteiger partial charge is 0.407 e. The van der Waals surface area contributed by atoms with Crippen LogP contribution in [-0.4, -0.2) is 23.8 Å². The molecule has 0 heterocycles. The average molecular weight is 255 g/mol. The molecule has 1 aromatic rings. The third-order valence-electron chi connectivity index (χ3n) is 2.05. The number of aliphatic hydroxyl groups excluding tert-OH is 1. The van der Waals surface area contributed by atoms with Gasteiger partial charge in [-0.3, -0.25) is 0 Å². The molecular formula is C10H10ClF3O2. The molecule has 6 heteroatoms. The number of para-hydroxylation sites is 1. The van der Waals surface area contributed by atoms with Gasteiger partial charge in [-0.25, -0.2) is 0 Å². The second kappa shape index (κ2) is 4.93. The van der Waals surface area contributed by atoms with Gasteiger partial charge in [-0.2, -0.15) is 13.2 Å². The minimum atomic E-state index is -4.66. The summed E-state index contributed by atoms with van der Waals surface area (Å²) in [5, 5.41) is 7.15. The van der Waals surface area contributed by atoms with Crippen LogP contribution < -0.4 is 4.74 Å². The molecule has 1 N–H and O–H groups in total. The molecule has 1 aromatic carbocycles. The van der Waals surface area contributed by atoms with Crippen molar-refractivity contribution in [3.8, 4) is 5.75 Å². The molecule has 90 valence electrons. The van der Waals surface area contributed by atoms with Crippen LogP contribution in [-0.2, 0) is 0 Å².